The summed E-state index contributed by atoms with van der Waals surface area (Å²) in [5.74, 6) is 0. The standard InChI is InChI=1S/C23H30N4/c1-19(11-5-4-8-16-24-2)25-26(3)22-14-15-23(27-17-9-10-18-27)21-13-7-6-12-20(21)22/h4-8,12-16,24H,9-11,17-18H2,1-3H3/p+1/b5-4-,16-8-,25-19+. The molecular formula is C23H31N4+. The molecule has 0 aromatic heterocycles. The first-order valence-corrected chi connectivity index (χ1v) is 9.86. The van der Waals surface area contributed by atoms with E-state index in [9.17, 15) is 0 Å². The first kappa shape index (κ1) is 19.2. The summed E-state index contributed by atoms with van der Waals surface area (Å²) < 4.78 is 0. The number of rotatable bonds is 7. The molecule has 27 heavy (non-hydrogen) atoms. The van der Waals surface area contributed by atoms with Gasteiger partial charge in [-0.15, -0.1) is 0 Å². The van der Waals surface area contributed by atoms with Gasteiger partial charge in [-0.1, -0.05) is 36.4 Å². The lowest BCUT2D eigenvalue weighted by Gasteiger charge is -2.23. The highest BCUT2D eigenvalue weighted by Gasteiger charge is 2.16. The third kappa shape index (κ3) is 4.77. The van der Waals surface area contributed by atoms with E-state index in [-0.39, 0.29) is 0 Å². The molecular weight excluding hydrogens is 332 g/mol. The number of benzene rings is 2. The molecule has 1 heterocycles. The molecule has 0 radical (unpaired) electrons. The first-order valence-electron chi connectivity index (χ1n) is 9.86. The summed E-state index contributed by atoms with van der Waals surface area (Å²) in [6, 6.07) is 13.2. The monoisotopic (exact) mass is 363 g/mol. The van der Waals surface area contributed by atoms with Gasteiger partial charge in [0.25, 0.3) is 0 Å². The van der Waals surface area contributed by atoms with E-state index in [0.29, 0.717) is 0 Å². The zero-order chi connectivity index (χ0) is 19.1. The van der Waals surface area contributed by atoms with Crippen LogP contribution in [0.1, 0.15) is 26.2 Å². The lowest BCUT2D eigenvalue weighted by molar-refractivity contribution is -0.556. The van der Waals surface area contributed by atoms with Gasteiger partial charge in [0, 0.05) is 48.7 Å². The number of hydrogen-bond acceptors (Lipinski definition) is 3. The Labute approximate surface area is 162 Å². The molecule has 2 aromatic carbocycles. The van der Waals surface area contributed by atoms with Crippen molar-refractivity contribution in [2.24, 2.45) is 5.10 Å². The Morgan fingerprint density at radius 2 is 1.85 bits per heavy atom. The summed E-state index contributed by atoms with van der Waals surface area (Å²) in [6.45, 7) is 4.40. The average Bonchev–Trinajstić information content (AvgIpc) is 3.21. The van der Waals surface area contributed by atoms with E-state index < -0.39 is 0 Å². The van der Waals surface area contributed by atoms with E-state index in [1.165, 1.54) is 29.3 Å². The summed E-state index contributed by atoms with van der Waals surface area (Å²) in [7, 11) is 4.06. The van der Waals surface area contributed by atoms with Gasteiger partial charge in [-0.2, -0.15) is 5.10 Å². The first-order chi connectivity index (χ1) is 13.2. The van der Waals surface area contributed by atoms with Crippen molar-refractivity contribution in [1.82, 2.24) is 0 Å². The van der Waals surface area contributed by atoms with Crippen molar-refractivity contribution in [2.75, 3.05) is 37.1 Å². The number of anilines is 2. The average molecular weight is 364 g/mol. The molecule has 4 heteroatoms. The van der Waals surface area contributed by atoms with Gasteiger partial charge in [0.15, 0.2) is 0 Å². The number of hydrazone groups is 1. The molecule has 142 valence electrons. The van der Waals surface area contributed by atoms with Crippen LogP contribution in [0.25, 0.3) is 10.8 Å². The highest BCUT2D eigenvalue weighted by Crippen LogP contribution is 2.35. The van der Waals surface area contributed by atoms with Gasteiger partial charge in [-0.3, -0.25) is 5.01 Å². The molecule has 2 N–H and O–H groups in total. The van der Waals surface area contributed by atoms with Crippen LogP contribution in [-0.4, -0.2) is 32.9 Å². The fourth-order valence-electron chi connectivity index (χ4n) is 3.63. The number of hydrogen-bond donors (Lipinski definition) is 1. The highest BCUT2D eigenvalue weighted by molar-refractivity contribution is 6.02. The maximum Gasteiger partial charge on any atom is 0.0923 e. The van der Waals surface area contributed by atoms with Crippen molar-refractivity contribution in [1.29, 1.82) is 0 Å². The van der Waals surface area contributed by atoms with E-state index >= 15 is 0 Å². The number of nitrogens with zero attached hydrogens (tertiary/aromatic N) is 3. The van der Waals surface area contributed by atoms with E-state index in [2.05, 4.69) is 60.4 Å². The van der Waals surface area contributed by atoms with Crippen molar-refractivity contribution < 1.29 is 5.32 Å². The van der Waals surface area contributed by atoms with Crippen LogP contribution in [0.4, 0.5) is 11.4 Å². The van der Waals surface area contributed by atoms with Gasteiger partial charge in [-0.05, 0) is 38.0 Å². The lowest BCUT2D eigenvalue weighted by atomic mass is 10.1. The van der Waals surface area contributed by atoms with Crippen molar-refractivity contribution in [3.05, 3.63) is 60.8 Å². The summed E-state index contributed by atoms with van der Waals surface area (Å²) in [5, 5.41) is 11.4. The summed E-state index contributed by atoms with van der Waals surface area (Å²) in [5.41, 5.74) is 3.59. The minimum atomic E-state index is 0.849. The Hall–Kier alpha value is -2.59. The van der Waals surface area contributed by atoms with Crippen LogP contribution >= 0.6 is 0 Å². The molecule has 3 rings (SSSR count). The SMILES string of the molecule is C[NH2+]/C=C\C=C/C/C(C)=N/N(C)c1ccc(N2CCCC2)c2ccccc12. The van der Waals surface area contributed by atoms with Gasteiger partial charge in [-0.25, -0.2) is 0 Å². The van der Waals surface area contributed by atoms with Crippen LogP contribution < -0.4 is 15.2 Å². The minimum Gasteiger partial charge on any atom is -0.371 e. The zero-order valence-electron chi connectivity index (χ0n) is 16.7. The molecule has 0 unspecified atom stereocenters. The van der Waals surface area contributed by atoms with Gasteiger partial charge in [0.05, 0.1) is 18.9 Å². The topological polar surface area (TPSA) is 35.5 Å². The smallest absolute Gasteiger partial charge is 0.0923 e. The predicted octanol–water partition coefficient (Wildman–Crippen LogP) is 3.91. The maximum atomic E-state index is 4.80. The van der Waals surface area contributed by atoms with Crippen LogP contribution in [0, 0.1) is 0 Å². The lowest BCUT2D eigenvalue weighted by Crippen LogP contribution is -2.72. The second-order valence-electron chi connectivity index (χ2n) is 7.05. The largest absolute Gasteiger partial charge is 0.371 e. The molecule has 0 amide bonds. The molecule has 1 saturated heterocycles. The van der Waals surface area contributed by atoms with E-state index in [0.717, 1.165) is 30.9 Å². The van der Waals surface area contributed by atoms with E-state index in [4.69, 9.17) is 5.10 Å². The molecule has 1 aliphatic rings. The summed E-state index contributed by atoms with van der Waals surface area (Å²) in [4.78, 5) is 2.51. The fraction of sp³-hybridized carbons (Fsp3) is 0.348. The Morgan fingerprint density at radius 3 is 2.59 bits per heavy atom. The van der Waals surface area contributed by atoms with Crippen LogP contribution in [-0.2, 0) is 0 Å². The van der Waals surface area contributed by atoms with Crippen molar-refractivity contribution in [3.63, 3.8) is 0 Å². The molecule has 1 fully saturated rings. The van der Waals surface area contributed by atoms with Gasteiger partial charge in [0.1, 0.15) is 0 Å². The van der Waals surface area contributed by atoms with E-state index in [1.54, 1.807) is 0 Å². The van der Waals surface area contributed by atoms with Crippen LogP contribution in [0.3, 0.4) is 0 Å². The second kappa shape index (κ2) is 9.38. The number of allylic oxidation sites excluding steroid dienone is 3. The molecule has 0 atom stereocenters. The highest BCUT2D eigenvalue weighted by atomic mass is 15.4. The molecule has 2 aromatic rings. The van der Waals surface area contributed by atoms with Gasteiger partial charge in [0.2, 0.25) is 0 Å². The molecule has 4 nitrogen and oxygen atoms in total. The molecule has 1 aliphatic heterocycles. The Balaban J connectivity index is 1.83. The molecule has 0 bridgehead atoms. The predicted molar refractivity (Wildman–Crippen MR) is 118 cm³/mol. The van der Waals surface area contributed by atoms with E-state index in [1.807, 2.05) is 36.7 Å². The number of quaternary nitrogens is 1. The van der Waals surface area contributed by atoms with Gasteiger partial charge >= 0.3 is 0 Å². The van der Waals surface area contributed by atoms with Crippen LogP contribution in [0.15, 0.2) is 65.9 Å². The third-order valence-electron chi connectivity index (χ3n) is 4.96. The number of nitrogens with two attached hydrogens (primary N) is 1. The second-order valence-corrected chi connectivity index (χ2v) is 7.05. The zero-order valence-corrected chi connectivity index (χ0v) is 16.7. The van der Waals surface area contributed by atoms with Crippen molar-refractivity contribution in [2.45, 2.75) is 26.2 Å². The third-order valence-corrected chi connectivity index (χ3v) is 4.96. The molecule has 0 saturated carbocycles. The number of fused-ring (bicyclic) bond motifs is 1. The summed E-state index contributed by atoms with van der Waals surface area (Å²) >= 11 is 0. The fourth-order valence-corrected chi connectivity index (χ4v) is 3.63. The molecule has 0 aliphatic carbocycles. The van der Waals surface area contributed by atoms with Gasteiger partial charge < -0.3 is 10.2 Å². The van der Waals surface area contributed by atoms with Crippen LogP contribution in [0.2, 0.25) is 0 Å². The quantitative estimate of drug-likeness (QED) is 0.460. The Bertz CT molecular complexity index is 845. The van der Waals surface area contributed by atoms with Crippen molar-refractivity contribution >= 4 is 27.9 Å². The Morgan fingerprint density at radius 1 is 1.11 bits per heavy atom. The van der Waals surface area contributed by atoms with Crippen molar-refractivity contribution in [3.8, 4) is 0 Å². The molecule has 0 spiro atoms. The normalized spacial score (nSPS) is 15.5. The van der Waals surface area contributed by atoms with Crippen LogP contribution in [0.5, 0.6) is 0 Å². The summed E-state index contributed by atoms with van der Waals surface area (Å²) in [6.07, 6.45) is 11.7. The minimum absolute atomic E-state index is 0.849. The maximum absolute atomic E-state index is 4.80. The Kier molecular flexibility index (Phi) is 6.66.